The van der Waals surface area contributed by atoms with E-state index in [1.807, 2.05) is 0 Å². The summed E-state index contributed by atoms with van der Waals surface area (Å²) in [5.41, 5.74) is 1.23. The highest BCUT2D eigenvalue weighted by Gasteiger charge is 2.17. The summed E-state index contributed by atoms with van der Waals surface area (Å²) in [7, 11) is 0. The maximum absolute atomic E-state index is 8.97. The molecule has 1 aliphatic rings. The summed E-state index contributed by atoms with van der Waals surface area (Å²) in [6.07, 6.45) is 6.85. The first-order valence-corrected chi connectivity index (χ1v) is 6.97. The minimum Gasteiger partial charge on any atom is -0.395 e. The van der Waals surface area contributed by atoms with Crippen molar-refractivity contribution in [3.05, 3.63) is 12.4 Å². The molecule has 2 aromatic rings. The molecule has 0 aliphatic carbocycles. The van der Waals surface area contributed by atoms with Crippen molar-refractivity contribution in [2.24, 2.45) is 0 Å². The van der Waals surface area contributed by atoms with Gasteiger partial charge in [-0.3, -0.25) is 0 Å². The molecule has 3 rings (SSSR count). The van der Waals surface area contributed by atoms with E-state index in [1.165, 1.54) is 19.3 Å². The molecule has 0 amide bonds. The predicted molar refractivity (Wildman–Crippen MR) is 76.8 cm³/mol. The number of aromatic nitrogens is 4. The van der Waals surface area contributed by atoms with Gasteiger partial charge in [0.1, 0.15) is 0 Å². The molecule has 7 heteroatoms. The first-order chi connectivity index (χ1) is 9.88. The Hall–Kier alpha value is -2.02. The second kappa shape index (κ2) is 5.96. The van der Waals surface area contributed by atoms with Gasteiger partial charge in [-0.05, 0) is 19.3 Å². The number of fused-ring (bicyclic) bond motifs is 1. The highest BCUT2D eigenvalue weighted by molar-refractivity contribution is 5.83. The zero-order valence-electron chi connectivity index (χ0n) is 11.3. The summed E-state index contributed by atoms with van der Waals surface area (Å²) in [5, 5.41) is 12.1. The first-order valence-electron chi connectivity index (χ1n) is 6.97. The second-order valence-electron chi connectivity index (χ2n) is 4.80. The first kappa shape index (κ1) is 13.0. The van der Waals surface area contributed by atoms with Gasteiger partial charge >= 0.3 is 0 Å². The molecule has 0 bridgehead atoms. The van der Waals surface area contributed by atoms with Crippen LogP contribution in [0.2, 0.25) is 0 Å². The lowest BCUT2D eigenvalue weighted by molar-refractivity contribution is 0.311. The molecule has 0 radical (unpaired) electrons. The summed E-state index contributed by atoms with van der Waals surface area (Å²) in [4.78, 5) is 19.8. The SMILES string of the molecule is OCCNc1nc(N2CCCCC2)nc2nccnc12. The van der Waals surface area contributed by atoms with Crippen molar-refractivity contribution in [1.82, 2.24) is 19.9 Å². The Morgan fingerprint density at radius 2 is 1.90 bits per heavy atom. The minimum absolute atomic E-state index is 0.0464. The molecule has 0 saturated carbocycles. The lowest BCUT2D eigenvalue weighted by Crippen LogP contribution is -2.31. The summed E-state index contributed by atoms with van der Waals surface area (Å²) in [6, 6.07) is 0. The van der Waals surface area contributed by atoms with Crippen molar-refractivity contribution in [3.63, 3.8) is 0 Å². The lowest BCUT2D eigenvalue weighted by Gasteiger charge is -2.27. The van der Waals surface area contributed by atoms with Gasteiger partial charge in [-0.1, -0.05) is 0 Å². The maximum atomic E-state index is 8.97. The van der Waals surface area contributed by atoms with Gasteiger partial charge in [0, 0.05) is 32.0 Å². The monoisotopic (exact) mass is 274 g/mol. The normalized spacial score (nSPS) is 15.6. The van der Waals surface area contributed by atoms with Gasteiger partial charge in [0.15, 0.2) is 17.0 Å². The Morgan fingerprint density at radius 1 is 1.10 bits per heavy atom. The van der Waals surface area contributed by atoms with Gasteiger partial charge in [-0.25, -0.2) is 9.97 Å². The average Bonchev–Trinajstić information content (AvgIpc) is 2.53. The van der Waals surface area contributed by atoms with Crippen LogP contribution in [0.15, 0.2) is 12.4 Å². The average molecular weight is 274 g/mol. The fraction of sp³-hybridized carbons (Fsp3) is 0.538. The molecule has 0 unspecified atom stereocenters. The van der Waals surface area contributed by atoms with Crippen molar-refractivity contribution in [3.8, 4) is 0 Å². The number of aliphatic hydroxyl groups is 1. The van der Waals surface area contributed by atoms with Crippen molar-refractivity contribution in [2.75, 3.05) is 36.5 Å². The topological polar surface area (TPSA) is 87.1 Å². The molecule has 106 valence electrons. The van der Waals surface area contributed by atoms with E-state index in [1.54, 1.807) is 12.4 Å². The van der Waals surface area contributed by atoms with Crippen LogP contribution in [-0.4, -0.2) is 51.3 Å². The molecular weight excluding hydrogens is 256 g/mol. The summed E-state index contributed by atoms with van der Waals surface area (Å²) in [6.45, 7) is 2.43. The Morgan fingerprint density at radius 3 is 2.70 bits per heavy atom. The Balaban J connectivity index is 1.99. The quantitative estimate of drug-likeness (QED) is 0.853. The number of anilines is 2. The molecule has 1 saturated heterocycles. The number of piperidine rings is 1. The van der Waals surface area contributed by atoms with Crippen molar-refractivity contribution >= 4 is 22.9 Å². The van der Waals surface area contributed by atoms with Crippen LogP contribution in [0.5, 0.6) is 0 Å². The third-order valence-electron chi connectivity index (χ3n) is 3.36. The van der Waals surface area contributed by atoms with Crippen LogP contribution in [0.3, 0.4) is 0 Å². The van der Waals surface area contributed by atoms with Gasteiger partial charge in [0.05, 0.1) is 6.61 Å². The molecule has 0 aromatic carbocycles. The fourth-order valence-electron chi connectivity index (χ4n) is 2.39. The third-order valence-corrected chi connectivity index (χ3v) is 3.36. The fourth-order valence-corrected chi connectivity index (χ4v) is 2.39. The molecular formula is C13H18N6O. The van der Waals surface area contributed by atoms with Crippen LogP contribution >= 0.6 is 0 Å². The zero-order valence-corrected chi connectivity index (χ0v) is 11.3. The molecule has 0 atom stereocenters. The Kier molecular flexibility index (Phi) is 3.87. The van der Waals surface area contributed by atoms with Crippen LogP contribution in [0.1, 0.15) is 19.3 Å². The maximum Gasteiger partial charge on any atom is 0.229 e. The lowest BCUT2D eigenvalue weighted by atomic mass is 10.1. The van der Waals surface area contributed by atoms with E-state index in [2.05, 4.69) is 30.2 Å². The van der Waals surface area contributed by atoms with E-state index >= 15 is 0 Å². The molecule has 2 aromatic heterocycles. The summed E-state index contributed by atoms with van der Waals surface area (Å²) in [5.74, 6) is 1.33. The van der Waals surface area contributed by atoms with E-state index in [4.69, 9.17) is 5.11 Å². The number of aliphatic hydroxyl groups excluding tert-OH is 1. The largest absolute Gasteiger partial charge is 0.395 e. The van der Waals surface area contributed by atoms with Crippen LogP contribution in [0.4, 0.5) is 11.8 Å². The highest BCUT2D eigenvalue weighted by atomic mass is 16.3. The molecule has 2 N–H and O–H groups in total. The van der Waals surface area contributed by atoms with E-state index in [9.17, 15) is 0 Å². The van der Waals surface area contributed by atoms with E-state index in [0.717, 1.165) is 13.1 Å². The van der Waals surface area contributed by atoms with Crippen LogP contribution in [0, 0.1) is 0 Å². The van der Waals surface area contributed by atoms with Gasteiger partial charge in [0.25, 0.3) is 0 Å². The molecule has 3 heterocycles. The van der Waals surface area contributed by atoms with Crippen LogP contribution in [0.25, 0.3) is 11.2 Å². The number of nitrogens with one attached hydrogen (secondary N) is 1. The third kappa shape index (κ3) is 2.62. The van der Waals surface area contributed by atoms with E-state index in [-0.39, 0.29) is 6.61 Å². The van der Waals surface area contributed by atoms with Crippen molar-refractivity contribution in [1.29, 1.82) is 0 Å². The molecule has 1 aliphatic heterocycles. The zero-order chi connectivity index (χ0) is 13.8. The molecule has 1 fully saturated rings. The molecule has 20 heavy (non-hydrogen) atoms. The van der Waals surface area contributed by atoms with Gasteiger partial charge < -0.3 is 15.3 Å². The Bertz CT molecular complexity index is 584. The number of hydrogen-bond donors (Lipinski definition) is 2. The van der Waals surface area contributed by atoms with Gasteiger partial charge in [-0.15, -0.1) is 0 Å². The summed E-state index contributed by atoms with van der Waals surface area (Å²) < 4.78 is 0. The minimum atomic E-state index is 0.0464. The van der Waals surface area contributed by atoms with Crippen LogP contribution < -0.4 is 10.2 Å². The number of rotatable bonds is 4. The standard InChI is InChI=1S/C13H18N6O/c20-9-6-16-12-10-11(15-5-4-14-10)17-13(18-12)19-7-2-1-3-8-19/h4-5,20H,1-3,6-9H2,(H,15,16,17,18). The molecule has 7 nitrogen and oxygen atoms in total. The van der Waals surface area contributed by atoms with Gasteiger partial charge in [0.2, 0.25) is 5.95 Å². The highest BCUT2D eigenvalue weighted by Crippen LogP contribution is 2.22. The van der Waals surface area contributed by atoms with Gasteiger partial charge in [-0.2, -0.15) is 9.97 Å². The second-order valence-corrected chi connectivity index (χ2v) is 4.80. The molecule has 0 spiro atoms. The van der Waals surface area contributed by atoms with E-state index in [0.29, 0.717) is 29.5 Å². The van der Waals surface area contributed by atoms with Crippen molar-refractivity contribution < 1.29 is 5.11 Å². The van der Waals surface area contributed by atoms with Crippen LogP contribution in [-0.2, 0) is 0 Å². The predicted octanol–water partition coefficient (Wildman–Crippen LogP) is 0.814. The number of nitrogens with zero attached hydrogens (tertiary/aromatic N) is 5. The van der Waals surface area contributed by atoms with E-state index < -0.39 is 0 Å². The smallest absolute Gasteiger partial charge is 0.229 e. The Labute approximate surface area is 117 Å². The van der Waals surface area contributed by atoms with Crippen molar-refractivity contribution in [2.45, 2.75) is 19.3 Å². The summed E-state index contributed by atoms with van der Waals surface area (Å²) >= 11 is 0. The number of hydrogen-bond acceptors (Lipinski definition) is 7.